The van der Waals surface area contributed by atoms with Gasteiger partial charge in [0.05, 0.1) is 11.6 Å². The van der Waals surface area contributed by atoms with Crippen LogP contribution in [0.15, 0.2) is 85.2 Å². The van der Waals surface area contributed by atoms with Gasteiger partial charge in [-0.15, -0.1) is 0 Å². The first-order chi connectivity index (χ1) is 16.0. The number of pyridine rings is 1. The Morgan fingerprint density at radius 2 is 1.79 bits per heavy atom. The molecule has 2 unspecified atom stereocenters. The number of aromatic amines is 1. The Morgan fingerprint density at radius 1 is 0.970 bits per heavy atom. The molecular weight excluding hydrogens is 431 g/mol. The molecule has 0 spiro atoms. The number of rotatable bonds is 6. The van der Waals surface area contributed by atoms with Crippen LogP contribution in [0.3, 0.4) is 0 Å². The number of H-pyrrole nitrogens is 1. The van der Waals surface area contributed by atoms with Gasteiger partial charge in [0.1, 0.15) is 0 Å². The van der Waals surface area contributed by atoms with E-state index in [-0.39, 0.29) is 11.5 Å². The average Bonchev–Trinajstić information content (AvgIpc) is 3.37. The number of nitrogens with zero attached hydrogens (tertiary/aromatic N) is 1. The van der Waals surface area contributed by atoms with Crippen molar-refractivity contribution in [3.8, 4) is 22.3 Å². The summed E-state index contributed by atoms with van der Waals surface area (Å²) in [5.74, 6) is 0. The lowest BCUT2D eigenvalue weighted by atomic mass is 9.93. The second-order valence-corrected chi connectivity index (χ2v) is 9.95. The summed E-state index contributed by atoms with van der Waals surface area (Å²) in [4.78, 5) is 18.5. The van der Waals surface area contributed by atoms with Gasteiger partial charge in [-0.2, -0.15) is 0 Å². The van der Waals surface area contributed by atoms with E-state index in [9.17, 15) is 9.46 Å². The Balaban J connectivity index is 1.78. The predicted octanol–water partition coefficient (Wildman–Crippen LogP) is 6.68. The van der Waals surface area contributed by atoms with E-state index in [1.165, 1.54) is 0 Å². The average molecular weight is 456 g/mol. The lowest BCUT2D eigenvalue weighted by molar-refractivity contribution is 0.192. The molecule has 2 heterocycles. The molecule has 5 rings (SSSR count). The van der Waals surface area contributed by atoms with Crippen molar-refractivity contribution in [1.29, 1.82) is 0 Å². The Bertz CT molecular complexity index is 1490. The van der Waals surface area contributed by atoms with Gasteiger partial charge in [-0.25, -0.2) is 4.98 Å². The highest BCUT2D eigenvalue weighted by atomic mass is 31.2. The Labute approximate surface area is 192 Å². The molecule has 166 valence electrons. The number of hydrogen-bond acceptors (Lipinski definition) is 3. The highest BCUT2D eigenvalue weighted by Gasteiger charge is 2.27. The molecule has 0 radical (unpaired) electrons. The summed E-state index contributed by atoms with van der Waals surface area (Å²) in [5.41, 5.74) is 4.78. The van der Waals surface area contributed by atoms with Crippen molar-refractivity contribution in [1.82, 2.24) is 9.97 Å². The van der Waals surface area contributed by atoms with Crippen LogP contribution in [0.1, 0.15) is 20.3 Å². The zero-order valence-corrected chi connectivity index (χ0v) is 19.4. The van der Waals surface area contributed by atoms with Crippen LogP contribution >= 0.6 is 7.60 Å². The molecule has 2 N–H and O–H groups in total. The van der Waals surface area contributed by atoms with Gasteiger partial charge < -0.3 is 14.4 Å². The zero-order valence-electron chi connectivity index (χ0n) is 18.5. The minimum absolute atomic E-state index is 0.0613. The topological polar surface area (TPSA) is 75.2 Å². The fourth-order valence-electron chi connectivity index (χ4n) is 4.09. The van der Waals surface area contributed by atoms with Crippen LogP contribution < -0.4 is 5.44 Å². The summed E-state index contributed by atoms with van der Waals surface area (Å²) in [7, 11) is -4.06. The number of hydrogen-bond donors (Lipinski definition) is 2. The van der Waals surface area contributed by atoms with E-state index in [0.717, 1.165) is 38.4 Å². The van der Waals surface area contributed by atoms with Gasteiger partial charge in [-0.1, -0.05) is 55.5 Å². The number of nitrogens with one attached hydrogen (secondary N) is 1. The van der Waals surface area contributed by atoms with Crippen LogP contribution in [0.5, 0.6) is 0 Å². The Hall–Kier alpha value is -3.24. The Morgan fingerprint density at radius 3 is 2.58 bits per heavy atom. The van der Waals surface area contributed by atoms with Crippen LogP contribution in [-0.4, -0.2) is 21.0 Å². The maximum atomic E-state index is 13.0. The van der Waals surface area contributed by atoms with Crippen molar-refractivity contribution in [3.63, 3.8) is 0 Å². The second-order valence-electron chi connectivity index (χ2n) is 8.24. The van der Waals surface area contributed by atoms with Gasteiger partial charge >= 0.3 is 7.60 Å². The van der Waals surface area contributed by atoms with Crippen molar-refractivity contribution < 1.29 is 14.0 Å². The molecule has 0 aliphatic heterocycles. The molecule has 33 heavy (non-hydrogen) atoms. The van der Waals surface area contributed by atoms with Gasteiger partial charge in [0.25, 0.3) is 0 Å². The molecule has 0 aliphatic carbocycles. The van der Waals surface area contributed by atoms with Gasteiger partial charge in [0, 0.05) is 23.3 Å². The summed E-state index contributed by atoms with van der Waals surface area (Å²) in [6.45, 7) is 3.70. The van der Waals surface area contributed by atoms with E-state index >= 15 is 0 Å². The second kappa shape index (κ2) is 8.60. The smallest absolute Gasteiger partial charge is 0.367 e. The monoisotopic (exact) mass is 456 g/mol. The van der Waals surface area contributed by atoms with E-state index in [0.29, 0.717) is 11.9 Å². The van der Waals surface area contributed by atoms with Crippen LogP contribution in [0.4, 0.5) is 0 Å². The Kier molecular flexibility index (Phi) is 5.63. The number of benzene rings is 3. The van der Waals surface area contributed by atoms with Crippen LogP contribution in [0.25, 0.3) is 43.9 Å². The first-order valence-corrected chi connectivity index (χ1v) is 12.6. The molecule has 0 saturated carbocycles. The molecule has 0 fully saturated rings. The molecule has 5 nitrogen and oxygen atoms in total. The van der Waals surface area contributed by atoms with Gasteiger partial charge in [0.15, 0.2) is 5.44 Å². The fraction of sp³-hybridized carbons (Fsp3) is 0.148. The SMILES string of the molecule is CCC(C)OP(=O)(O)c1ccc2cc(-c3cc[nH]c3)cc(-c3cccc4ccccc34)c2n1. The van der Waals surface area contributed by atoms with Crippen molar-refractivity contribution >= 4 is 34.7 Å². The molecule has 3 aromatic carbocycles. The largest absolute Gasteiger partial charge is 0.377 e. The molecule has 2 atom stereocenters. The van der Waals surface area contributed by atoms with E-state index in [1.807, 2.05) is 49.6 Å². The first-order valence-electron chi connectivity index (χ1n) is 11.0. The summed E-state index contributed by atoms with van der Waals surface area (Å²) >= 11 is 0. The maximum absolute atomic E-state index is 13.0. The lowest BCUT2D eigenvalue weighted by Crippen LogP contribution is -2.16. The maximum Gasteiger partial charge on any atom is 0.377 e. The minimum atomic E-state index is -4.06. The summed E-state index contributed by atoms with van der Waals surface area (Å²) in [5, 5.41) is 3.12. The van der Waals surface area contributed by atoms with E-state index < -0.39 is 7.60 Å². The van der Waals surface area contributed by atoms with Crippen LogP contribution in [0.2, 0.25) is 0 Å². The third kappa shape index (κ3) is 4.11. The molecule has 0 saturated heterocycles. The molecule has 0 bridgehead atoms. The molecule has 0 aliphatic rings. The van der Waals surface area contributed by atoms with Crippen LogP contribution in [-0.2, 0) is 9.09 Å². The lowest BCUT2D eigenvalue weighted by Gasteiger charge is -2.18. The van der Waals surface area contributed by atoms with Gasteiger partial charge in [-0.3, -0.25) is 4.57 Å². The highest BCUT2D eigenvalue weighted by Crippen LogP contribution is 2.43. The normalized spacial score (nSPS) is 14.4. The molecule has 5 aromatic rings. The summed E-state index contributed by atoms with van der Waals surface area (Å²) in [6, 6.07) is 24.0. The third-order valence-electron chi connectivity index (χ3n) is 5.98. The summed E-state index contributed by atoms with van der Waals surface area (Å²) < 4.78 is 18.5. The van der Waals surface area contributed by atoms with Crippen molar-refractivity contribution in [2.24, 2.45) is 0 Å². The number of aromatic nitrogens is 2. The van der Waals surface area contributed by atoms with E-state index in [4.69, 9.17) is 9.51 Å². The molecule has 0 amide bonds. The van der Waals surface area contributed by atoms with Gasteiger partial charge in [0.2, 0.25) is 0 Å². The predicted molar refractivity (Wildman–Crippen MR) is 135 cm³/mol. The van der Waals surface area contributed by atoms with Crippen molar-refractivity contribution in [3.05, 3.63) is 85.2 Å². The summed E-state index contributed by atoms with van der Waals surface area (Å²) in [6.07, 6.45) is 4.15. The van der Waals surface area contributed by atoms with Crippen LogP contribution in [0, 0.1) is 0 Å². The first kappa shape index (κ1) is 21.6. The quantitative estimate of drug-likeness (QED) is 0.280. The van der Waals surface area contributed by atoms with Crippen molar-refractivity contribution in [2.75, 3.05) is 0 Å². The number of fused-ring (bicyclic) bond motifs is 2. The molecular formula is C27H25N2O3P. The van der Waals surface area contributed by atoms with E-state index in [2.05, 4.69) is 41.4 Å². The fourth-order valence-corrected chi connectivity index (χ4v) is 5.32. The molecule has 2 aromatic heterocycles. The van der Waals surface area contributed by atoms with Gasteiger partial charge in [-0.05, 0) is 65.1 Å². The zero-order chi connectivity index (χ0) is 23.0. The van der Waals surface area contributed by atoms with E-state index in [1.54, 1.807) is 13.0 Å². The third-order valence-corrected chi connectivity index (χ3v) is 7.45. The standard InChI is InChI=1S/C27H25N2O3P/c1-3-18(2)32-33(30,31)26-12-11-20-15-22(21-13-14-28-17-21)16-25(27(20)29-26)24-10-6-8-19-7-4-5-9-23(19)24/h4-18,28H,3H2,1-2H3,(H,30,31). The minimum Gasteiger partial charge on any atom is -0.367 e. The highest BCUT2D eigenvalue weighted by molar-refractivity contribution is 7.61. The van der Waals surface area contributed by atoms with Crippen molar-refractivity contribution in [2.45, 2.75) is 26.4 Å². The molecule has 6 heteroatoms.